The van der Waals surface area contributed by atoms with Gasteiger partial charge in [-0.15, -0.1) is 0 Å². The van der Waals surface area contributed by atoms with E-state index in [4.69, 9.17) is 0 Å². The van der Waals surface area contributed by atoms with Crippen LogP contribution in [0.1, 0.15) is 39.2 Å². The molecule has 1 aromatic heterocycles. The number of carbonyl (C=O) groups excluding carboxylic acids is 1. The summed E-state index contributed by atoms with van der Waals surface area (Å²) in [6.45, 7) is 7.75. The number of aliphatic hydroxyl groups is 1. The fourth-order valence-electron chi connectivity index (χ4n) is 2.01. The molecular weight excluding hydrogens is 308 g/mol. The average molecular weight is 338 g/mol. The molecule has 8 nitrogen and oxygen atoms in total. The van der Waals surface area contributed by atoms with Crippen LogP contribution in [-0.2, 0) is 17.4 Å². The van der Waals surface area contributed by atoms with E-state index in [0.29, 0.717) is 37.6 Å². The lowest BCUT2D eigenvalue weighted by molar-refractivity contribution is -0.120. The Bertz CT molecular complexity index is 538. The number of hydrogen-bond acceptors (Lipinski definition) is 4. The molecule has 0 aliphatic rings. The molecule has 0 saturated carbocycles. The van der Waals surface area contributed by atoms with Gasteiger partial charge in [0.05, 0.1) is 12.7 Å². The highest BCUT2D eigenvalue weighted by Gasteiger charge is 2.24. The summed E-state index contributed by atoms with van der Waals surface area (Å²) in [5.74, 6) is 0.590. The van der Waals surface area contributed by atoms with Gasteiger partial charge in [0.1, 0.15) is 5.60 Å². The highest BCUT2D eigenvalue weighted by atomic mass is 16.3. The summed E-state index contributed by atoms with van der Waals surface area (Å²) in [5.41, 5.74) is -0.390. The van der Waals surface area contributed by atoms with E-state index in [1.54, 1.807) is 31.0 Å². The Morgan fingerprint density at radius 1 is 1.33 bits per heavy atom. The first-order valence-electron chi connectivity index (χ1n) is 8.39. The smallest absolute Gasteiger partial charge is 0.221 e. The number of carbonyl (C=O) groups is 1. The average Bonchev–Trinajstić information content (AvgIpc) is 2.98. The Morgan fingerprint density at radius 3 is 2.67 bits per heavy atom. The number of nitrogens with zero attached hydrogens (tertiary/aromatic N) is 3. The van der Waals surface area contributed by atoms with Gasteiger partial charge < -0.3 is 21.1 Å². The molecule has 4 N–H and O–H groups in total. The fraction of sp³-hybridized carbons (Fsp3) is 0.688. The van der Waals surface area contributed by atoms with E-state index in [2.05, 4.69) is 26.0 Å². The normalized spacial score (nSPS) is 14.1. The minimum absolute atomic E-state index is 0.0163. The van der Waals surface area contributed by atoms with Gasteiger partial charge in [0, 0.05) is 44.9 Å². The van der Waals surface area contributed by atoms with E-state index in [9.17, 15) is 9.90 Å². The van der Waals surface area contributed by atoms with Crippen molar-refractivity contribution in [2.45, 2.75) is 39.2 Å². The van der Waals surface area contributed by atoms with Gasteiger partial charge in [-0.2, -0.15) is 5.10 Å². The molecule has 8 heteroatoms. The molecule has 0 radical (unpaired) electrons. The number of aromatic nitrogens is 2. The maximum absolute atomic E-state index is 11.6. The molecule has 0 aromatic carbocycles. The Kier molecular flexibility index (Phi) is 8.25. The summed E-state index contributed by atoms with van der Waals surface area (Å²) in [6, 6.07) is 0. The Balaban J connectivity index is 2.54. The number of nitrogens with one attached hydrogen (secondary N) is 3. The van der Waals surface area contributed by atoms with Gasteiger partial charge in [0.25, 0.3) is 0 Å². The Morgan fingerprint density at radius 2 is 2.08 bits per heavy atom. The molecule has 1 unspecified atom stereocenters. The maximum atomic E-state index is 11.6. The molecule has 0 spiro atoms. The van der Waals surface area contributed by atoms with Crippen molar-refractivity contribution in [3.63, 3.8) is 0 Å². The van der Waals surface area contributed by atoms with Crippen molar-refractivity contribution in [3.05, 3.63) is 18.0 Å². The molecule has 0 aliphatic carbocycles. The summed E-state index contributed by atoms with van der Waals surface area (Å²) in [4.78, 5) is 16.0. The topological polar surface area (TPSA) is 104 Å². The van der Waals surface area contributed by atoms with Crippen LogP contribution < -0.4 is 16.0 Å². The van der Waals surface area contributed by atoms with E-state index in [-0.39, 0.29) is 12.5 Å². The summed E-state index contributed by atoms with van der Waals surface area (Å²) >= 11 is 0. The molecule has 0 bridgehead atoms. The predicted molar refractivity (Wildman–Crippen MR) is 94.7 cm³/mol. The molecule has 1 rings (SSSR count). The lowest BCUT2D eigenvalue weighted by atomic mass is 10.0. The minimum atomic E-state index is -1.10. The Labute approximate surface area is 143 Å². The number of hydrogen-bond donors (Lipinski definition) is 4. The molecule has 0 aliphatic heterocycles. The van der Waals surface area contributed by atoms with Crippen LogP contribution in [0.4, 0.5) is 0 Å². The van der Waals surface area contributed by atoms with Gasteiger partial charge in [0.2, 0.25) is 5.91 Å². The number of guanidine groups is 1. The first-order chi connectivity index (χ1) is 11.4. The van der Waals surface area contributed by atoms with Crippen molar-refractivity contribution < 1.29 is 9.90 Å². The lowest BCUT2D eigenvalue weighted by Crippen LogP contribution is -2.40. The van der Waals surface area contributed by atoms with Crippen LogP contribution in [0.3, 0.4) is 0 Å². The van der Waals surface area contributed by atoms with Crippen molar-refractivity contribution in [1.29, 1.82) is 0 Å². The van der Waals surface area contributed by atoms with Crippen molar-refractivity contribution in [3.8, 4) is 0 Å². The van der Waals surface area contributed by atoms with Crippen LogP contribution >= 0.6 is 0 Å². The molecule has 1 heterocycles. The number of aryl methyl sites for hydroxylation is 1. The van der Waals surface area contributed by atoms with Gasteiger partial charge in [0.15, 0.2) is 5.96 Å². The quantitative estimate of drug-likeness (QED) is 0.378. The first kappa shape index (κ1) is 20.0. The fourth-order valence-corrected chi connectivity index (χ4v) is 2.01. The van der Waals surface area contributed by atoms with Gasteiger partial charge in [-0.25, -0.2) is 4.99 Å². The third-order valence-corrected chi connectivity index (χ3v) is 3.43. The zero-order chi connectivity index (χ0) is 18.0. The zero-order valence-electron chi connectivity index (χ0n) is 15.1. The van der Waals surface area contributed by atoms with E-state index in [0.717, 1.165) is 6.42 Å². The molecule has 136 valence electrons. The number of rotatable bonds is 9. The molecule has 1 amide bonds. The second kappa shape index (κ2) is 9.92. The molecule has 24 heavy (non-hydrogen) atoms. The molecular formula is C16H30N6O2. The van der Waals surface area contributed by atoms with Crippen LogP contribution in [0.5, 0.6) is 0 Å². The third-order valence-electron chi connectivity index (χ3n) is 3.43. The van der Waals surface area contributed by atoms with Crippen LogP contribution in [0, 0.1) is 0 Å². The maximum Gasteiger partial charge on any atom is 0.221 e. The van der Waals surface area contributed by atoms with Gasteiger partial charge in [-0.05, 0) is 20.3 Å². The van der Waals surface area contributed by atoms with E-state index in [1.165, 1.54) is 0 Å². The Hall–Kier alpha value is -2.09. The van der Waals surface area contributed by atoms with E-state index >= 15 is 0 Å². The summed E-state index contributed by atoms with van der Waals surface area (Å²) < 4.78 is 1.64. The second-order valence-corrected chi connectivity index (χ2v) is 5.90. The van der Waals surface area contributed by atoms with E-state index in [1.807, 2.05) is 13.8 Å². The predicted octanol–water partition coefficient (Wildman–Crippen LogP) is 0.0990. The van der Waals surface area contributed by atoms with Crippen molar-refractivity contribution >= 4 is 11.9 Å². The number of aliphatic imine (C=N–C) groups is 1. The summed E-state index contributed by atoms with van der Waals surface area (Å²) in [7, 11) is 1.80. The SMILES string of the molecule is CCCNC(=O)CCNC(=NCC(C)(O)c1cnn(C)c1)NCC. The summed E-state index contributed by atoms with van der Waals surface area (Å²) in [5, 5.41) is 23.7. The third kappa shape index (κ3) is 6.99. The van der Waals surface area contributed by atoms with Crippen LogP contribution in [0.25, 0.3) is 0 Å². The molecule has 1 atom stereocenters. The van der Waals surface area contributed by atoms with Gasteiger partial charge in [-0.3, -0.25) is 9.48 Å². The summed E-state index contributed by atoms with van der Waals surface area (Å²) in [6.07, 6.45) is 4.71. The van der Waals surface area contributed by atoms with Gasteiger partial charge in [-0.1, -0.05) is 6.92 Å². The van der Waals surface area contributed by atoms with Gasteiger partial charge >= 0.3 is 0 Å². The number of amides is 1. The standard InChI is InChI=1S/C16H30N6O2/c1-5-8-18-14(23)7-9-19-15(17-6-2)20-12-16(3,24)13-10-21-22(4)11-13/h10-11,24H,5-9,12H2,1-4H3,(H,18,23)(H2,17,19,20). The molecule has 0 fully saturated rings. The lowest BCUT2D eigenvalue weighted by Gasteiger charge is -2.20. The minimum Gasteiger partial charge on any atom is -0.383 e. The van der Waals surface area contributed by atoms with E-state index < -0.39 is 5.60 Å². The van der Waals surface area contributed by atoms with Crippen molar-refractivity contribution in [2.24, 2.45) is 12.0 Å². The van der Waals surface area contributed by atoms with Crippen LogP contribution in [-0.4, -0.2) is 52.9 Å². The molecule has 1 aromatic rings. The monoisotopic (exact) mass is 338 g/mol. The second-order valence-electron chi connectivity index (χ2n) is 5.90. The van der Waals surface area contributed by atoms with Crippen LogP contribution in [0.2, 0.25) is 0 Å². The van der Waals surface area contributed by atoms with Crippen molar-refractivity contribution in [2.75, 3.05) is 26.2 Å². The van der Waals surface area contributed by atoms with Crippen LogP contribution in [0.15, 0.2) is 17.4 Å². The van der Waals surface area contributed by atoms with Crippen molar-refractivity contribution in [1.82, 2.24) is 25.7 Å². The zero-order valence-corrected chi connectivity index (χ0v) is 15.1. The molecule has 0 saturated heterocycles. The first-order valence-corrected chi connectivity index (χ1v) is 8.39. The highest BCUT2D eigenvalue weighted by molar-refractivity contribution is 5.81. The highest BCUT2D eigenvalue weighted by Crippen LogP contribution is 2.19. The largest absolute Gasteiger partial charge is 0.383 e.